The first-order valence-corrected chi connectivity index (χ1v) is 8.49. The maximum Gasteiger partial charge on any atom is 0.305 e. The molecule has 2 aliphatic heterocycles. The van der Waals surface area contributed by atoms with Gasteiger partial charge in [-0.1, -0.05) is 42.2 Å². The molecule has 0 aliphatic carbocycles. The summed E-state index contributed by atoms with van der Waals surface area (Å²) in [7, 11) is 0. The van der Waals surface area contributed by atoms with Crippen LogP contribution in [0.2, 0.25) is 0 Å². The Morgan fingerprint density at radius 2 is 1.88 bits per heavy atom. The summed E-state index contributed by atoms with van der Waals surface area (Å²) in [6, 6.07) is 6.70. The molecule has 0 saturated carbocycles. The van der Waals surface area contributed by atoms with Crippen LogP contribution < -0.4 is 4.90 Å². The number of carboxylic acids is 1. The highest BCUT2D eigenvalue weighted by Gasteiger charge is 2.43. The van der Waals surface area contributed by atoms with E-state index in [4.69, 9.17) is 17.3 Å². The van der Waals surface area contributed by atoms with Crippen LogP contribution in [0.3, 0.4) is 0 Å². The minimum absolute atomic E-state index is 0.0664. The van der Waals surface area contributed by atoms with Crippen molar-refractivity contribution >= 4 is 63.3 Å². The lowest BCUT2D eigenvalue weighted by Gasteiger charge is -2.12. The lowest BCUT2D eigenvalue weighted by atomic mass is 10.1. The fraction of sp³-hybridized carbons (Fsp3) is 0.188. The van der Waals surface area contributed by atoms with E-state index in [0.717, 1.165) is 16.7 Å². The third-order valence-electron chi connectivity index (χ3n) is 3.77. The molecule has 25 heavy (non-hydrogen) atoms. The molecule has 0 unspecified atom stereocenters. The molecule has 7 nitrogen and oxygen atoms in total. The zero-order valence-corrected chi connectivity index (χ0v) is 14.6. The van der Waals surface area contributed by atoms with Crippen molar-refractivity contribution in [1.29, 1.82) is 0 Å². The molecule has 1 fully saturated rings. The van der Waals surface area contributed by atoms with Crippen molar-refractivity contribution in [3.63, 3.8) is 0 Å². The Balaban J connectivity index is 2.07. The van der Waals surface area contributed by atoms with E-state index in [1.165, 1.54) is 11.8 Å². The number of hydrogen-bond acceptors (Lipinski definition) is 6. The maximum atomic E-state index is 12.7. The molecular weight excluding hydrogens is 364 g/mol. The number of fused-ring (bicyclic) bond motifs is 1. The fourth-order valence-corrected chi connectivity index (χ4v) is 4.08. The molecule has 1 aromatic carbocycles. The number of nitrogens with zero attached hydrogens (tertiary/aromatic N) is 2. The summed E-state index contributed by atoms with van der Waals surface area (Å²) >= 11 is 6.10. The predicted octanol–water partition coefficient (Wildman–Crippen LogP) is 1.63. The van der Waals surface area contributed by atoms with Gasteiger partial charge in [0, 0.05) is 19.0 Å². The number of amides is 3. The van der Waals surface area contributed by atoms with E-state index in [2.05, 4.69) is 0 Å². The van der Waals surface area contributed by atoms with Crippen LogP contribution >= 0.6 is 24.0 Å². The largest absolute Gasteiger partial charge is 0.481 e. The van der Waals surface area contributed by atoms with E-state index in [1.54, 1.807) is 24.3 Å². The average Bonchev–Trinajstić information content (AvgIpc) is 2.98. The second-order valence-electron chi connectivity index (χ2n) is 5.35. The standard InChI is InChI=1S/C16H12N2O5S2/c1-8(19)18-10-5-3-2-4-9(10)12(14(18)22)13-15(23)17(16(24)25-13)7-6-11(20)21/h2-5H,6-7H2,1H3,(H,20,21)/b13-12-. The normalized spacial score (nSPS) is 19.6. The highest BCUT2D eigenvalue weighted by Crippen LogP contribution is 2.44. The average molecular weight is 376 g/mol. The quantitative estimate of drug-likeness (QED) is 0.633. The fourth-order valence-electron chi connectivity index (χ4n) is 2.70. The van der Waals surface area contributed by atoms with Gasteiger partial charge in [0.2, 0.25) is 5.91 Å². The Labute approximate surface area is 152 Å². The number of imide groups is 1. The molecule has 0 bridgehead atoms. The minimum atomic E-state index is -1.05. The second-order valence-corrected chi connectivity index (χ2v) is 6.99. The Morgan fingerprint density at radius 3 is 2.52 bits per heavy atom. The van der Waals surface area contributed by atoms with Crippen molar-refractivity contribution in [2.45, 2.75) is 13.3 Å². The number of para-hydroxylation sites is 1. The van der Waals surface area contributed by atoms with Gasteiger partial charge in [0.1, 0.15) is 4.32 Å². The van der Waals surface area contributed by atoms with Crippen molar-refractivity contribution in [3.8, 4) is 0 Å². The summed E-state index contributed by atoms with van der Waals surface area (Å²) < 4.78 is 0.195. The van der Waals surface area contributed by atoms with Gasteiger partial charge in [-0.05, 0) is 6.07 Å². The van der Waals surface area contributed by atoms with Gasteiger partial charge in [-0.2, -0.15) is 0 Å². The summed E-state index contributed by atoms with van der Waals surface area (Å²) in [6.07, 6.45) is -0.251. The molecule has 128 valence electrons. The molecule has 2 heterocycles. The van der Waals surface area contributed by atoms with Gasteiger partial charge in [-0.25, -0.2) is 4.90 Å². The Hall–Kier alpha value is -2.52. The first-order chi connectivity index (χ1) is 11.8. The van der Waals surface area contributed by atoms with E-state index >= 15 is 0 Å². The van der Waals surface area contributed by atoms with Crippen LogP contribution in [0.15, 0.2) is 29.2 Å². The molecule has 3 amide bonds. The minimum Gasteiger partial charge on any atom is -0.481 e. The van der Waals surface area contributed by atoms with Crippen LogP contribution in [0.1, 0.15) is 18.9 Å². The smallest absolute Gasteiger partial charge is 0.305 e. The number of anilines is 1. The molecule has 3 rings (SSSR count). The van der Waals surface area contributed by atoms with Crippen LogP contribution in [0.4, 0.5) is 5.69 Å². The molecule has 2 aliphatic rings. The van der Waals surface area contributed by atoms with Gasteiger partial charge in [0.25, 0.3) is 11.8 Å². The highest BCUT2D eigenvalue weighted by molar-refractivity contribution is 8.26. The van der Waals surface area contributed by atoms with Crippen LogP contribution in [0, 0.1) is 0 Å². The number of carbonyl (C=O) groups is 4. The van der Waals surface area contributed by atoms with Gasteiger partial charge in [0.05, 0.1) is 22.6 Å². The Morgan fingerprint density at radius 1 is 1.20 bits per heavy atom. The summed E-state index contributed by atoms with van der Waals surface area (Å²) in [5, 5.41) is 8.79. The Kier molecular flexibility index (Phi) is 4.44. The summed E-state index contributed by atoms with van der Waals surface area (Å²) in [5.41, 5.74) is 1.04. The molecule has 0 aromatic heterocycles. The van der Waals surface area contributed by atoms with E-state index < -0.39 is 23.7 Å². The monoisotopic (exact) mass is 376 g/mol. The maximum absolute atomic E-state index is 12.7. The SMILES string of the molecule is CC(=O)N1C(=O)/C(=C2\SC(=S)N(CCC(=O)O)C2=O)c2ccccc21. The molecular formula is C16H12N2O5S2. The first-order valence-electron chi connectivity index (χ1n) is 7.27. The number of thioether (sulfide) groups is 1. The van der Waals surface area contributed by atoms with Crippen LogP contribution in [0.25, 0.3) is 5.57 Å². The lowest BCUT2D eigenvalue weighted by Crippen LogP contribution is -2.32. The summed E-state index contributed by atoms with van der Waals surface area (Å²) in [4.78, 5) is 50.3. The van der Waals surface area contributed by atoms with Crippen molar-refractivity contribution in [2.75, 3.05) is 11.4 Å². The number of carboxylic acid groups (broad SMARTS) is 1. The number of rotatable bonds is 3. The van der Waals surface area contributed by atoms with Crippen molar-refractivity contribution < 1.29 is 24.3 Å². The zero-order valence-electron chi connectivity index (χ0n) is 13.0. The van der Waals surface area contributed by atoms with Gasteiger partial charge in [0.15, 0.2) is 0 Å². The predicted molar refractivity (Wildman–Crippen MR) is 95.7 cm³/mol. The van der Waals surface area contributed by atoms with Crippen molar-refractivity contribution in [3.05, 3.63) is 34.7 Å². The van der Waals surface area contributed by atoms with Gasteiger partial charge >= 0.3 is 5.97 Å². The van der Waals surface area contributed by atoms with Crippen molar-refractivity contribution in [1.82, 2.24) is 4.90 Å². The number of aliphatic carboxylic acids is 1. The molecule has 0 radical (unpaired) electrons. The van der Waals surface area contributed by atoms with E-state index in [9.17, 15) is 19.2 Å². The number of thiocarbonyl (C=S) groups is 1. The van der Waals surface area contributed by atoms with Crippen molar-refractivity contribution in [2.24, 2.45) is 0 Å². The third kappa shape index (κ3) is 2.85. The van der Waals surface area contributed by atoms with Gasteiger partial charge in [-0.15, -0.1) is 0 Å². The topological polar surface area (TPSA) is 95.0 Å². The first kappa shape index (κ1) is 17.3. The summed E-state index contributed by atoms with van der Waals surface area (Å²) in [5.74, 6) is -2.59. The van der Waals surface area contributed by atoms with Crippen LogP contribution in [-0.2, 0) is 19.2 Å². The molecule has 9 heteroatoms. The van der Waals surface area contributed by atoms with E-state index in [1.807, 2.05) is 0 Å². The van der Waals surface area contributed by atoms with E-state index in [-0.39, 0.29) is 27.8 Å². The zero-order chi connectivity index (χ0) is 18.3. The van der Waals surface area contributed by atoms with E-state index in [0.29, 0.717) is 11.3 Å². The van der Waals surface area contributed by atoms with Gasteiger partial charge < -0.3 is 5.11 Å². The lowest BCUT2D eigenvalue weighted by molar-refractivity contribution is -0.137. The summed E-state index contributed by atoms with van der Waals surface area (Å²) in [6.45, 7) is 1.21. The van der Waals surface area contributed by atoms with Crippen LogP contribution in [-0.4, -0.2) is 44.6 Å². The van der Waals surface area contributed by atoms with Gasteiger partial charge in [-0.3, -0.25) is 24.1 Å². The molecule has 1 saturated heterocycles. The Bertz CT molecular complexity index is 877. The number of hydrogen-bond donors (Lipinski definition) is 1. The number of benzene rings is 1. The molecule has 0 atom stereocenters. The highest BCUT2D eigenvalue weighted by atomic mass is 32.2. The van der Waals surface area contributed by atoms with Crippen LogP contribution in [0.5, 0.6) is 0 Å². The second kappa shape index (κ2) is 6.41. The molecule has 0 spiro atoms. The third-order valence-corrected chi connectivity index (χ3v) is 5.22. The molecule has 1 aromatic rings. The molecule has 1 N–H and O–H groups in total. The number of carbonyl (C=O) groups excluding carboxylic acids is 3.